The highest BCUT2D eigenvalue weighted by Crippen LogP contribution is 2.07. The Morgan fingerprint density at radius 2 is 2.05 bits per heavy atom. The summed E-state index contributed by atoms with van der Waals surface area (Å²) in [7, 11) is 0. The van der Waals surface area contributed by atoms with Crippen LogP contribution in [0.1, 0.15) is 27.2 Å². The second kappa shape index (κ2) is 8.97. The number of β-amino-alcohol motifs (C(OH)–C–C–N with tert-alkyl or cyclic N) is 1. The number of carbonyl (C=O) groups is 1. The summed E-state index contributed by atoms with van der Waals surface area (Å²) < 4.78 is 5.28. The van der Waals surface area contributed by atoms with Gasteiger partial charge in [-0.2, -0.15) is 0 Å². The molecule has 0 aromatic rings. The second-order valence-corrected chi connectivity index (χ2v) is 5.65. The number of morpholine rings is 1. The molecule has 1 fully saturated rings. The molecule has 1 rings (SSSR count). The minimum atomic E-state index is -0.935. The van der Waals surface area contributed by atoms with Gasteiger partial charge in [0.2, 0.25) is 5.91 Å². The first-order valence-corrected chi connectivity index (χ1v) is 7.60. The van der Waals surface area contributed by atoms with Gasteiger partial charge in [0.25, 0.3) is 0 Å². The Morgan fingerprint density at radius 1 is 1.38 bits per heavy atom. The third-order valence-electron chi connectivity index (χ3n) is 3.54. The summed E-state index contributed by atoms with van der Waals surface area (Å²) >= 11 is 0. The molecule has 5 nitrogen and oxygen atoms in total. The number of amides is 1. The summed E-state index contributed by atoms with van der Waals surface area (Å²) in [5, 5.41) is 13.1. The van der Waals surface area contributed by atoms with Crippen LogP contribution in [-0.4, -0.2) is 60.9 Å². The highest BCUT2D eigenvalue weighted by Gasteiger charge is 2.25. The van der Waals surface area contributed by atoms with E-state index in [-0.39, 0.29) is 12.5 Å². The molecule has 0 bridgehead atoms. The van der Waals surface area contributed by atoms with E-state index in [0.29, 0.717) is 19.8 Å². The van der Waals surface area contributed by atoms with Gasteiger partial charge in [-0.3, -0.25) is 9.69 Å². The Balaban J connectivity index is 2.36. The molecule has 1 heterocycles. The van der Waals surface area contributed by atoms with Gasteiger partial charge in [0, 0.05) is 32.3 Å². The molecule has 1 amide bonds. The fourth-order valence-electron chi connectivity index (χ4n) is 2.23. The number of nitrogens with zero attached hydrogens (tertiary/aromatic N) is 1. The monoisotopic (exact) mass is 296 g/mol. The molecule has 0 aliphatic carbocycles. The van der Waals surface area contributed by atoms with Crippen molar-refractivity contribution in [3.63, 3.8) is 0 Å². The van der Waals surface area contributed by atoms with Crippen LogP contribution in [0.5, 0.6) is 0 Å². The Labute approximate surface area is 127 Å². The summed E-state index contributed by atoms with van der Waals surface area (Å²) in [5.74, 6) is -0.176. The summed E-state index contributed by atoms with van der Waals surface area (Å²) in [6.45, 7) is 9.58. The number of carbonyl (C=O) groups excluding carboxylic acids is 1. The van der Waals surface area contributed by atoms with Gasteiger partial charge in [0.1, 0.15) is 0 Å². The third-order valence-corrected chi connectivity index (χ3v) is 3.54. The maximum absolute atomic E-state index is 11.7. The summed E-state index contributed by atoms with van der Waals surface area (Å²) in [4.78, 5) is 13.9. The smallest absolute Gasteiger partial charge is 0.244 e. The molecule has 1 atom stereocenters. The number of nitrogens with one attached hydrogen (secondary N) is 1. The number of hydrogen-bond donors (Lipinski definition) is 2. The van der Waals surface area contributed by atoms with Crippen molar-refractivity contribution < 1.29 is 14.6 Å². The van der Waals surface area contributed by atoms with Gasteiger partial charge in [0.15, 0.2) is 0 Å². The predicted octanol–water partition coefficient (Wildman–Crippen LogP) is 1.10. The Morgan fingerprint density at radius 3 is 2.62 bits per heavy atom. The molecule has 5 heteroatoms. The lowest BCUT2D eigenvalue weighted by Gasteiger charge is -2.33. The molecule has 120 valence electrons. The predicted molar refractivity (Wildman–Crippen MR) is 84.1 cm³/mol. The molecule has 1 aliphatic rings. The van der Waals surface area contributed by atoms with Crippen LogP contribution in [0.3, 0.4) is 0 Å². The van der Waals surface area contributed by atoms with Gasteiger partial charge >= 0.3 is 0 Å². The van der Waals surface area contributed by atoms with Gasteiger partial charge < -0.3 is 15.2 Å². The Kier molecular flexibility index (Phi) is 7.64. The van der Waals surface area contributed by atoms with Crippen molar-refractivity contribution in [1.29, 1.82) is 0 Å². The second-order valence-electron chi connectivity index (χ2n) is 5.65. The van der Waals surface area contributed by atoms with E-state index in [9.17, 15) is 9.90 Å². The van der Waals surface area contributed by atoms with Crippen molar-refractivity contribution in [2.75, 3.05) is 39.4 Å². The van der Waals surface area contributed by atoms with Crippen LogP contribution in [0, 0.1) is 0 Å². The zero-order valence-electron chi connectivity index (χ0n) is 13.4. The van der Waals surface area contributed by atoms with E-state index in [0.717, 1.165) is 25.1 Å². The molecule has 1 saturated heterocycles. The largest absolute Gasteiger partial charge is 0.387 e. The summed E-state index contributed by atoms with van der Waals surface area (Å²) in [6.07, 6.45) is 6.21. The number of hydrogen-bond acceptors (Lipinski definition) is 4. The summed E-state index contributed by atoms with van der Waals surface area (Å²) in [6, 6.07) is 0. The lowest BCUT2D eigenvalue weighted by molar-refractivity contribution is -0.118. The van der Waals surface area contributed by atoms with E-state index < -0.39 is 5.60 Å². The molecule has 0 saturated carbocycles. The SMILES string of the molecule is CC=C(C=CC(=O)NCC(C)(O)CN1CCOCC1)CC. The molecular weight excluding hydrogens is 268 g/mol. The fraction of sp³-hybridized carbons (Fsp3) is 0.688. The van der Waals surface area contributed by atoms with Gasteiger partial charge in [-0.25, -0.2) is 0 Å². The normalized spacial score (nSPS) is 20.5. The first kappa shape index (κ1) is 17.9. The molecule has 0 aromatic carbocycles. The lowest BCUT2D eigenvalue weighted by atomic mass is 10.1. The van der Waals surface area contributed by atoms with Crippen LogP contribution in [-0.2, 0) is 9.53 Å². The minimum absolute atomic E-state index is 0.176. The van der Waals surface area contributed by atoms with Crippen molar-refractivity contribution in [2.24, 2.45) is 0 Å². The maximum atomic E-state index is 11.7. The van der Waals surface area contributed by atoms with Crippen LogP contribution in [0.25, 0.3) is 0 Å². The van der Waals surface area contributed by atoms with Crippen LogP contribution in [0.2, 0.25) is 0 Å². The van der Waals surface area contributed by atoms with Crippen LogP contribution < -0.4 is 5.32 Å². The van der Waals surface area contributed by atoms with Crippen molar-refractivity contribution in [3.05, 3.63) is 23.8 Å². The highest BCUT2D eigenvalue weighted by atomic mass is 16.5. The molecule has 21 heavy (non-hydrogen) atoms. The Bertz CT molecular complexity index is 383. The number of allylic oxidation sites excluding steroid dienone is 3. The molecule has 1 unspecified atom stereocenters. The molecular formula is C16H28N2O3. The fourth-order valence-corrected chi connectivity index (χ4v) is 2.23. The highest BCUT2D eigenvalue weighted by molar-refractivity contribution is 5.87. The number of aliphatic hydroxyl groups is 1. The van der Waals surface area contributed by atoms with Crippen LogP contribution in [0.4, 0.5) is 0 Å². The molecule has 0 aromatic heterocycles. The van der Waals surface area contributed by atoms with Crippen molar-refractivity contribution in [3.8, 4) is 0 Å². The summed E-state index contributed by atoms with van der Waals surface area (Å²) in [5.41, 5.74) is 0.180. The quantitative estimate of drug-likeness (QED) is 0.545. The minimum Gasteiger partial charge on any atom is -0.387 e. The van der Waals surface area contributed by atoms with Crippen molar-refractivity contribution in [2.45, 2.75) is 32.8 Å². The number of ether oxygens (including phenoxy) is 1. The van der Waals surface area contributed by atoms with Gasteiger partial charge in [0.05, 0.1) is 18.8 Å². The topological polar surface area (TPSA) is 61.8 Å². The molecule has 0 spiro atoms. The van der Waals surface area contributed by atoms with Crippen LogP contribution >= 0.6 is 0 Å². The number of rotatable bonds is 7. The van der Waals surface area contributed by atoms with E-state index in [1.54, 1.807) is 6.92 Å². The Hall–Kier alpha value is -1.17. The van der Waals surface area contributed by atoms with E-state index in [2.05, 4.69) is 10.2 Å². The van der Waals surface area contributed by atoms with Crippen molar-refractivity contribution >= 4 is 5.91 Å². The van der Waals surface area contributed by atoms with Gasteiger partial charge in [-0.1, -0.05) is 24.6 Å². The average molecular weight is 296 g/mol. The molecule has 2 N–H and O–H groups in total. The zero-order valence-corrected chi connectivity index (χ0v) is 13.4. The average Bonchev–Trinajstić information content (AvgIpc) is 2.47. The van der Waals surface area contributed by atoms with Crippen molar-refractivity contribution in [1.82, 2.24) is 10.2 Å². The first-order valence-electron chi connectivity index (χ1n) is 7.60. The molecule has 0 radical (unpaired) electrons. The van der Waals surface area contributed by atoms with Crippen LogP contribution in [0.15, 0.2) is 23.8 Å². The van der Waals surface area contributed by atoms with E-state index >= 15 is 0 Å². The van der Waals surface area contributed by atoms with Gasteiger partial charge in [-0.15, -0.1) is 0 Å². The van der Waals surface area contributed by atoms with E-state index in [1.165, 1.54) is 6.08 Å². The zero-order chi connectivity index (χ0) is 15.7. The maximum Gasteiger partial charge on any atom is 0.244 e. The van der Waals surface area contributed by atoms with Gasteiger partial charge in [-0.05, 0) is 20.3 Å². The van der Waals surface area contributed by atoms with E-state index in [4.69, 9.17) is 4.74 Å². The van der Waals surface area contributed by atoms with E-state index in [1.807, 2.05) is 26.0 Å². The molecule has 1 aliphatic heterocycles. The first-order chi connectivity index (χ1) is 9.96. The third kappa shape index (κ3) is 7.41. The standard InChI is InChI=1S/C16H28N2O3/c1-4-14(5-2)6-7-15(19)17-12-16(3,20)13-18-8-10-21-11-9-18/h4,6-7,20H,5,8-13H2,1-3H3,(H,17,19). The lowest BCUT2D eigenvalue weighted by Crippen LogP contribution is -2.51.